The van der Waals surface area contributed by atoms with Crippen molar-refractivity contribution >= 4 is 16.1 Å². The van der Waals surface area contributed by atoms with Crippen LogP contribution in [0.5, 0.6) is 0 Å². The van der Waals surface area contributed by atoms with E-state index in [1.807, 2.05) is 0 Å². The predicted molar refractivity (Wildman–Crippen MR) is 73.3 cm³/mol. The molecule has 1 heterocycles. The summed E-state index contributed by atoms with van der Waals surface area (Å²) >= 11 is 0. The lowest BCUT2D eigenvalue weighted by molar-refractivity contribution is 0.0298. The van der Waals surface area contributed by atoms with Crippen molar-refractivity contribution in [2.24, 2.45) is 5.41 Å². The first-order valence-corrected chi connectivity index (χ1v) is 8.50. The van der Waals surface area contributed by atoms with Gasteiger partial charge in [0.1, 0.15) is 0 Å². The van der Waals surface area contributed by atoms with Crippen molar-refractivity contribution in [1.29, 1.82) is 0 Å². The van der Waals surface area contributed by atoms with Gasteiger partial charge >= 0.3 is 6.03 Å². The van der Waals surface area contributed by atoms with Gasteiger partial charge in [-0.1, -0.05) is 0 Å². The fourth-order valence-corrected chi connectivity index (χ4v) is 3.94. The first kappa shape index (κ1) is 14.6. The van der Waals surface area contributed by atoms with E-state index in [0.717, 1.165) is 25.7 Å². The third-order valence-electron chi connectivity index (χ3n) is 4.34. The number of carbonyl (C=O) groups excluding carboxylic acids is 1. The zero-order valence-electron chi connectivity index (χ0n) is 11.8. The van der Waals surface area contributed by atoms with Gasteiger partial charge in [0.2, 0.25) is 10.0 Å². The summed E-state index contributed by atoms with van der Waals surface area (Å²) in [7, 11) is 0.414. The van der Waals surface area contributed by atoms with E-state index in [1.54, 1.807) is 18.4 Å². The second-order valence-electron chi connectivity index (χ2n) is 6.11. The highest BCUT2D eigenvalue weighted by atomic mass is 32.2. The average molecular weight is 289 g/mol. The highest BCUT2D eigenvalue weighted by Crippen LogP contribution is 2.49. The van der Waals surface area contributed by atoms with E-state index in [1.165, 1.54) is 11.2 Å². The molecule has 0 aromatic heterocycles. The van der Waals surface area contributed by atoms with Crippen LogP contribution in [0.15, 0.2) is 0 Å². The molecule has 0 unspecified atom stereocenters. The Morgan fingerprint density at radius 2 is 1.79 bits per heavy atom. The van der Waals surface area contributed by atoms with Gasteiger partial charge in [-0.15, -0.1) is 0 Å². The molecule has 1 N–H and O–H groups in total. The summed E-state index contributed by atoms with van der Waals surface area (Å²) in [5.74, 6) is 0. The van der Waals surface area contributed by atoms with Gasteiger partial charge in [0, 0.05) is 33.2 Å². The number of urea groups is 1. The van der Waals surface area contributed by atoms with E-state index in [4.69, 9.17) is 0 Å². The van der Waals surface area contributed by atoms with Gasteiger partial charge in [0.25, 0.3) is 0 Å². The maximum Gasteiger partial charge on any atom is 0.317 e. The number of sulfonamides is 1. The summed E-state index contributed by atoms with van der Waals surface area (Å²) in [6.07, 6.45) is 5.04. The van der Waals surface area contributed by atoms with E-state index < -0.39 is 10.0 Å². The molecule has 19 heavy (non-hydrogen) atoms. The maximum atomic E-state index is 11.5. The Morgan fingerprint density at radius 1 is 1.26 bits per heavy atom. The summed E-state index contributed by atoms with van der Waals surface area (Å²) in [6, 6.07) is 0.202. The molecule has 0 aromatic carbocycles. The molecule has 0 aromatic rings. The average Bonchev–Trinajstić information content (AvgIpc) is 2.26. The summed E-state index contributed by atoms with van der Waals surface area (Å²) in [4.78, 5) is 13.1. The van der Waals surface area contributed by atoms with Crippen LogP contribution in [0, 0.1) is 5.41 Å². The van der Waals surface area contributed by atoms with Crippen molar-refractivity contribution in [2.45, 2.75) is 31.7 Å². The third kappa shape index (κ3) is 3.20. The van der Waals surface area contributed by atoms with Crippen LogP contribution in [0.4, 0.5) is 4.79 Å². The van der Waals surface area contributed by atoms with E-state index in [0.29, 0.717) is 13.1 Å². The van der Waals surface area contributed by atoms with Gasteiger partial charge in [-0.05, 0) is 31.1 Å². The molecule has 0 bridgehead atoms. The van der Waals surface area contributed by atoms with E-state index in [-0.39, 0.29) is 17.5 Å². The Kier molecular flexibility index (Phi) is 3.79. The molecule has 110 valence electrons. The normalized spacial score (nSPS) is 23.9. The van der Waals surface area contributed by atoms with Crippen molar-refractivity contribution in [1.82, 2.24) is 14.5 Å². The molecule has 2 amide bonds. The highest BCUT2D eigenvalue weighted by molar-refractivity contribution is 7.88. The molecule has 1 aliphatic carbocycles. The lowest BCUT2D eigenvalue weighted by atomic mass is 9.60. The fourth-order valence-electron chi connectivity index (χ4n) is 3.09. The van der Waals surface area contributed by atoms with Crippen LogP contribution in [0.2, 0.25) is 0 Å². The van der Waals surface area contributed by atoms with Gasteiger partial charge in [-0.2, -0.15) is 0 Å². The van der Waals surface area contributed by atoms with Crippen LogP contribution in [0.3, 0.4) is 0 Å². The van der Waals surface area contributed by atoms with Gasteiger partial charge in [0.05, 0.1) is 6.26 Å². The number of nitrogens with one attached hydrogen (secondary N) is 1. The monoisotopic (exact) mass is 289 g/mol. The summed E-state index contributed by atoms with van der Waals surface area (Å²) < 4.78 is 24.5. The van der Waals surface area contributed by atoms with Gasteiger partial charge in [-0.3, -0.25) is 0 Å². The number of rotatable bonds is 2. The van der Waals surface area contributed by atoms with E-state index >= 15 is 0 Å². The summed E-state index contributed by atoms with van der Waals surface area (Å²) in [5.41, 5.74) is 0.255. The molecule has 1 saturated heterocycles. The topological polar surface area (TPSA) is 69.7 Å². The number of hydrogen-bond donors (Lipinski definition) is 1. The van der Waals surface area contributed by atoms with Crippen LogP contribution in [-0.2, 0) is 10.0 Å². The van der Waals surface area contributed by atoms with Crippen LogP contribution in [0.1, 0.15) is 25.7 Å². The molecule has 1 spiro atoms. The first-order chi connectivity index (χ1) is 8.72. The molecular formula is C12H23N3O3S. The van der Waals surface area contributed by atoms with Crippen molar-refractivity contribution in [3.63, 3.8) is 0 Å². The van der Waals surface area contributed by atoms with Gasteiger partial charge < -0.3 is 10.2 Å². The molecule has 0 atom stereocenters. The smallest absolute Gasteiger partial charge is 0.317 e. The minimum Gasteiger partial charge on any atom is -0.335 e. The first-order valence-electron chi connectivity index (χ1n) is 6.65. The summed E-state index contributed by atoms with van der Waals surface area (Å²) in [6.45, 7) is 1.24. The maximum absolute atomic E-state index is 11.5. The Bertz CT molecular complexity index is 445. The third-order valence-corrected chi connectivity index (χ3v) is 5.65. The SMILES string of the molecule is CN(C)C(=O)NC1CC2(CCN(S(C)(=O)=O)CC2)C1. The predicted octanol–water partition coefficient (Wildman–Crippen LogP) is 0.462. The second kappa shape index (κ2) is 4.94. The highest BCUT2D eigenvalue weighted by Gasteiger charge is 2.47. The van der Waals surface area contributed by atoms with Crippen LogP contribution in [0.25, 0.3) is 0 Å². The molecule has 2 aliphatic rings. The van der Waals surface area contributed by atoms with Gasteiger partial charge in [0.15, 0.2) is 0 Å². The summed E-state index contributed by atoms with van der Waals surface area (Å²) in [5, 5.41) is 2.98. The fraction of sp³-hybridized carbons (Fsp3) is 0.917. The van der Waals surface area contributed by atoms with Crippen LogP contribution in [-0.4, -0.2) is 63.1 Å². The molecule has 1 aliphatic heterocycles. The molecular weight excluding hydrogens is 266 g/mol. The number of nitrogens with zero attached hydrogens (tertiary/aromatic N) is 2. The Balaban J connectivity index is 1.80. The van der Waals surface area contributed by atoms with E-state index in [9.17, 15) is 13.2 Å². The number of carbonyl (C=O) groups is 1. The lowest BCUT2D eigenvalue weighted by Crippen LogP contribution is -2.56. The van der Waals surface area contributed by atoms with Crippen LogP contribution < -0.4 is 5.32 Å². The molecule has 2 rings (SSSR count). The van der Waals surface area contributed by atoms with Crippen molar-refractivity contribution in [3.8, 4) is 0 Å². The van der Waals surface area contributed by atoms with Crippen molar-refractivity contribution in [2.75, 3.05) is 33.4 Å². The number of amides is 2. The Labute approximate surface area is 115 Å². The van der Waals surface area contributed by atoms with Gasteiger partial charge in [-0.25, -0.2) is 17.5 Å². The number of hydrogen-bond acceptors (Lipinski definition) is 3. The van der Waals surface area contributed by atoms with Crippen LogP contribution >= 0.6 is 0 Å². The standard InChI is InChI=1S/C12H23N3O3S/c1-14(2)11(16)13-10-8-12(9-10)4-6-15(7-5-12)19(3,17)18/h10H,4-9H2,1-3H3,(H,13,16). The molecule has 0 radical (unpaired) electrons. The Morgan fingerprint density at radius 3 is 2.21 bits per heavy atom. The minimum absolute atomic E-state index is 0.0478. The minimum atomic E-state index is -3.05. The zero-order chi connectivity index (χ0) is 14.3. The Hall–Kier alpha value is -0.820. The zero-order valence-corrected chi connectivity index (χ0v) is 12.7. The van der Waals surface area contributed by atoms with E-state index in [2.05, 4.69) is 5.32 Å². The largest absolute Gasteiger partial charge is 0.335 e. The number of piperidine rings is 1. The van der Waals surface area contributed by atoms with Crippen molar-refractivity contribution < 1.29 is 13.2 Å². The lowest BCUT2D eigenvalue weighted by Gasteiger charge is -2.52. The molecule has 1 saturated carbocycles. The van der Waals surface area contributed by atoms with Crippen molar-refractivity contribution in [3.05, 3.63) is 0 Å². The molecule has 2 fully saturated rings. The second-order valence-corrected chi connectivity index (χ2v) is 8.09. The molecule has 7 heteroatoms. The quantitative estimate of drug-likeness (QED) is 0.803. The molecule has 6 nitrogen and oxygen atoms in total.